The van der Waals surface area contributed by atoms with E-state index in [2.05, 4.69) is 18.7 Å². The molecule has 0 atom stereocenters. The number of benzene rings is 1. The zero-order valence-electron chi connectivity index (χ0n) is 18.8. The van der Waals surface area contributed by atoms with Gasteiger partial charge in [-0.15, -0.1) is 11.3 Å². The number of morpholine rings is 1. The Labute approximate surface area is 195 Å². The van der Waals surface area contributed by atoms with Crippen molar-refractivity contribution in [2.75, 3.05) is 31.2 Å². The van der Waals surface area contributed by atoms with E-state index < -0.39 is 0 Å². The molecule has 1 aromatic carbocycles. The Hall–Kier alpha value is -2.81. The van der Waals surface area contributed by atoms with Crippen LogP contribution in [0.4, 0.5) is 5.82 Å². The Bertz CT molecular complexity index is 1400. The molecule has 0 amide bonds. The minimum Gasteiger partial charge on any atom is -0.378 e. The summed E-state index contributed by atoms with van der Waals surface area (Å²) < 4.78 is 14.1. The molecule has 5 heterocycles. The van der Waals surface area contributed by atoms with Crippen molar-refractivity contribution in [2.24, 2.45) is 0 Å². The number of pyridine rings is 1. The first kappa shape index (κ1) is 20.8. The lowest BCUT2D eigenvalue weighted by atomic mass is 9.90. The monoisotopic (exact) mass is 462 g/mol. The van der Waals surface area contributed by atoms with Gasteiger partial charge in [-0.1, -0.05) is 30.3 Å². The summed E-state index contributed by atoms with van der Waals surface area (Å²) in [6.07, 6.45) is 2.44. The number of hydrogen-bond donors (Lipinski definition) is 0. The quantitative estimate of drug-likeness (QED) is 0.462. The number of nitrogens with zero attached hydrogens (tertiary/aromatic N) is 4. The summed E-state index contributed by atoms with van der Waals surface area (Å²) in [6.45, 7) is 8.25. The molecule has 0 aliphatic carbocycles. The van der Waals surface area contributed by atoms with Crippen LogP contribution in [0.1, 0.15) is 30.5 Å². The van der Waals surface area contributed by atoms with Gasteiger partial charge in [0, 0.05) is 30.5 Å². The highest BCUT2D eigenvalue weighted by atomic mass is 32.1. The first-order valence-corrected chi connectivity index (χ1v) is 12.2. The van der Waals surface area contributed by atoms with Gasteiger partial charge in [0.1, 0.15) is 15.3 Å². The first-order valence-electron chi connectivity index (χ1n) is 11.3. The van der Waals surface area contributed by atoms with Crippen LogP contribution in [0.3, 0.4) is 0 Å². The lowest BCUT2D eigenvalue weighted by Crippen LogP contribution is -2.39. The van der Waals surface area contributed by atoms with Crippen molar-refractivity contribution in [1.29, 1.82) is 0 Å². The fourth-order valence-electron chi connectivity index (χ4n) is 4.81. The standard InChI is InChI=1S/C25H26N4O3S/c1-25(2)12-17-18(14-32-25)22(28-8-10-31-11-9-28)27-23-19(17)20-21(33-23)24(30)29(15-26-20)13-16-6-4-3-5-7-16/h3-7,15H,8-14H2,1-2H3. The number of aromatic nitrogens is 3. The van der Waals surface area contributed by atoms with Gasteiger partial charge in [-0.3, -0.25) is 9.36 Å². The molecular formula is C25H26N4O3S. The Kier molecular flexibility index (Phi) is 4.97. The van der Waals surface area contributed by atoms with E-state index in [9.17, 15) is 4.79 Å². The molecule has 170 valence electrons. The van der Waals surface area contributed by atoms with Gasteiger partial charge in [-0.05, 0) is 25.0 Å². The van der Waals surface area contributed by atoms with Gasteiger partial charge in [-0.25, -0.2) is 9.97 Å². The van der Waals surface area contributed by atoms with E-state index in [0.717, 1.165) is 52.2 Å². The summed E-state index contributed by atoms with van der Waals surface area (Å²) in [6, 6.07) is 10.00. The summed E-state index contributed by atoms with van der Waals surface area (Å²) >= 11 is 1.46. The molecule has 0 bridgehead atoms. The molecule has 2 aliphatic heterocycles. The SMILES string of the molecule is CC1(C)Cc2c(c(N3CCOCC3)nc3sc4c(=O)n(Cc5ccccc5)cnc4c23)CO1. The topological polar surface area (TPSA) is 69.5 Å². The van der Waals surface area contributed by atoms with Crippen LogP contribution in [0.5, 0.6) is 0 Å². The number of ether oxygens (including phenoxy) is 2. The van der Waals surface area contributed by atoms with Crippen LogP contribution < -0.4 is 10.5 Å². The van der Waals surface area contributed by atoms with Crippen LogP contribution in [0, 0.1) is 0 Å². The van der Waals surface area contributed by atoms with Crippen molar-refractivity contribution in [2.45, 2.75) is 39.0 Å². The van der Waals surface area contributed by atoms with Crippen molar-refractivity contribution in [3.8, 4) is 0 Å². The average molecular weight is 463 g/mol. The molecule has 6 rings (SSSR count). The molecule has 1 fully saturated rings. The first-order chi connectivity index (χ1) is 16.0. The Morgan fingerprint density at radius 2 is 1.91 bits per heavy atom. The number of fused-ring (bicyclic) bond motifs is 5. The second kappa shape index (κ2) is 7.90. The molecule has 8 heteroatoms. The summed E-state index contributed by atoms with van der Waals surface area (Å²) in [5.41, 5.74) is 3.89. The van der Waals surface area contributed by atoms with Crippen molar-refractivity contribution < 1.29 is 9.47 Å². The fourth-order valence-corrected chi connectivity index (χ4v) is 5.91. The minimum atomic E-state index is -0.278. The molecule has 0 N–H and O–H groups in total. The van der Waals surface area contributed by atoms with E-state index in [1.807, 2.05) is 30.3 Å². The summed E-state index contributed by atoms with van der Waals surface area (Å²) in [4.78, 5) is 26.5. The van der Waals surface area contributed by atoms with E-state index in [4.69, 9.17) is 19.4 Å². The molecule has 2 aliphatic rings. The van der Waals surface area contributed by atoms with Gasteiger partial charge >= 0.3 is 0 Å². The molecule has 33 heavy (non-hydrogen) atoms. The predicted molar refractivity (Wildman–Crippen MR) is 130 cm³/mol. The zero-order chi connectivity index (χ0) is 22.6. The fraction of sp³-hybridized carbons (Fsp3) is 0.400. The van der Waals surface area contributed by atoms with Crippen LogP contribution in [-0.2, 0) is 29.0 Å². The normalized spacial score (nSPS) is 18.1. The van der Waals surface area contributed by atoms with E-state index >= 15 is 0 Å². The number of hydrogen-bond acceptors (Lipinski definition) is 7. The van der Waals surface area contributed by atoms with Gasteiger partial charge in [0.05, 0.1) is 43.8 Å². The number of thiophene rings is 1. The maximum atomic E-state index is 13.4. The van der Waals surface area contributed by atoms with Gasteiger partial charge in [0.15, 0.2) is 0 Å². The molecule has 3 aromatic heterocycles. The number of rotatable bonds is 3. The molecular weight excluding hydrogens is 436 g/mol. The van der Waals surface area contributed by atoms with Crippen molar-refractivity contribution in [1.82, 2.24) is 14.5 Å². The van der Waals surface area contributed by atoms with Crippen LogP contribution >= 0.6 is 11.3 Å². The van der Waals surface area contributed by atoms with Crippen LogP contribution in [0.15, 0.2) is 41.5 Å². The second-order valence-corrected chi connectivity index (χ2v) is 10.3. The number of anilines is 1. The summed E-state index contributed by atoms with van der Waals surface area (Å²) in [5, 5.41) is 1.02. The molecule has 0 saturated carbocycles. The smallest absolute Gasteiger partial charge is 0.271 e. The predicted octanol–water partition coefficient (Wildman–Crippen LogP) is 3.74. The third-order valence-electron chi connectivity index (χ3n) is 6.51. The molecule has 0 radical (unpaired) electrons. The highest BCUT2D eigenvalue weighted by Crippen LogP contribution is 2.42. The van der Waals surface area contributed by atoms with E-state index in [-0.39, 0.29) is 11.2 Å². The highest BCUT2D eigenvalue weighted by Gasteiger charge is 2.33. The van der Waals surface area contributed by atoms with Crippen LogP contribution in [0.25, 0.3) is 20.4 Å². The third-order valence-corrected chi connectivity index (χ3v) is 7.57. The van der Waals surface area contributed by atoms with Crippen LogP contribution in [-0.4, -0.2) is 46.4 Å². The highest BCUT2D eigenvalue weighted by molar-refractivity contribution is 7.25. The molecule has 4 aromatic rings. The zero-order valence-corrected chi connectivity index (χ0v) is 19.7. The van der Waals surface area contributed by atoms with Gasteiger partial charge in [0.2, 0.25) is 0 Å². The molecule has 7 nitrogen and oxygen atoms in total. The van der Waals surface area contributed by atoms with Gasteiger partial charge in [-0.2, -0.15) is 0 Å². The molecule has 0 spiro atoms. The van der Waals surface area contributed by atoms with Gasteiger partial charge < -0.3 is 14.4 Å². The lowest BCUT2D eigenvalue weighted by molar-refractivity contribution is -0.0396. The maximum Gasteiger partial charge on any atom is 0.271 e. The maximum absolute atomic E-state index is 13.4. The van der Waals surface area contributed by atoms with Crippen molar-refractivity contribution >= 4 is 37.6 Å². The average Bonchev–Trinajstić information content (AvgIpc) is 3.21. The lowest BCUT2D eigenvalue weighted by Gasteiger charge is -2.36. The summed E-state index contributed by atoms with van der Waals surface area (Å²) in [5.74, 6) is 0.965. The Morgan fingerprint density at radius 1 is 1.12 bits per heavy atom. The van der Waals surface area contributed by atoms with E-state index in [0.29, 0.717) is 31.1 Å². The largest absolute Gasteiger partial charge is 0.378 e. The van der Waals surface area contributed by atoms with Gasteiger partial charge in [0.25, 0.3) is 5.56 Å². The van der Waals surface area contributed by atoms with E-state index in [1.54, 1.807) is 10.9 Å². The van der Waals surface area contributed by atoms with Crippen molar-refractivity contribution in [3.63, 3.8) is 0 Å². The Morgan fingerprint density at radius 3 is 2.70 bits per heavy atom. The minimum absolute atomic E-state index is 0.0140. The van der Waals surface area contributed by atoms with Crippen molar-refractivity contribution in [3.05, 3.63) is 63.7 Å². The van der Waals surface area contributed by atoms with E-state index in [1.165, 1.54) is 16.9 Å². The third kappa shape index (κ3) is 3.62. The molecule has 0 unspecified atom stereocenters. The molecule has 1 saturated heterocycles. The second-order valence-electron chi connectivity index (χ2n) is 9.34. The van der Waals surface area contributed by atoms with Crippen LogP contribution in [0.2, 0.25) is 0 Å². The summed E-state index contributed by atoms with van der Waals surface area (Å²) in [7, 11) is 0. The Balaban J connectivity index is 1.55.